The van der Waals surface area contributed by atoms with Crippen LogP contribution in [0.2, 0.25) is 0 Å². The number of fused-ring (bicyclic) bond motifs is 5. The molecule has 2 unspecified atom stereocenters. The van der Waals surface area contributed by atoms with E-state index in [1.54, 1.807) is 6.07 Å². The van der Waals surface area contributed by atoms with E-state index < -0.39 is 0 Å². The molecule has 0 saturated carbocycles. The predicted molar refractivity (Wildman–Crippen MR) is 51.1 cm³/mol. The summed E-state index contributed by atoms with van der Waals surface area (Å²) in [6, 6.07) is 5.83. The summed E-state index contributed by atoms with van der Waals surface area (Å²) in [5.41, 5.74) is 2.82. The first-order valence-electron chi connectivity index (χ1n) is 4.88. The predicted octanol–water partition coefficient (Wildman–Crippen LogP) is 1.57. The molecule has 1 fully saturated rings. The highest BCUT2D eigenvalue weighted by Gasteiger charge is 2.33. The molecule has 2 N–H and O–H groups in total. The number of hydrogen-bond donors (Lipinski definition) is 2. The normalized spacial score (nSPS) is 30.2. The van der Waals surface area contributed by atoms with Gasteiger partial charge in [0.15, 0.2) is 0 Å². The lowest BCUT2D eigenvalue weighted by Crippen LogP contribution is -2.28. The van der Waals surface area contributed by atoms with Crippen molar-refractivity contribution in [1.29, 1.82) is 0 Å². The van der Waals surface area contributed by atoms with Gasteiger partial charge in [0, 0.05) is 13.1 Å². The Bertz CT molecular complexity index is 348. The first-order chi connectivity index (χ1) is 6.34. The molecular formula is C11H13NO. The van der Waals surface area contributed by atoms with Crippen LogP contribution in [0.25, 0.3) is 0 Å². The van der Waals surface area contributed by atoms with E-state index in [0.29, 0.717) is 17.6 Å². The van der Waals surface area contributed by atoms with Gasteiger partial charge in [0.05, 0.1) is 0 Å². The van der Waals surface area contributed by atoms with E-state index in [0.717, 1.165) is 13.1 Å². The van der Waals surface area contributed by atoms with E-state index in [-0.39, 0.29) is 0 Å². The molecule has 3 rings (SSSR count). The lowest BCUT2D eigenvalue weighted by Gasteiger charge is -2.19. The van der Waals surface area contributed by atoms with Crippen molar-refractivity contribution in [1.82, 2.24) is 5.32 Å². The molecule has 2 nitrogen and oxygen atoms in total. The highest BCUT2D eigenvalue weighted by Crippen LogP contribution is 2.44. The van der Waals surface area contributed by atoms with E-state index in [4.69, 9.17) is 0 Å². The van der Waals surface area contributed by atoms with Crippen LogP contribution in [0.4, 0.5) is 0 Å². The number of nitrogens with one attached hydrogen (secondary N) is 1. The summed E-state index contributed by atoms with van der Waals surface area (Å²) in [4.78, 5) is 0. The zero-order valence-electron chi connectivity index (χ0n) is 7.46. The van der Waals surface area contributed by atoms with E-state index in [1.807, 2.05) is 6.07 Å². The second-order valence-corrected chi connectivity index (χ2v) is 4.10. The lowest BCUT2D eigenvalue weighted by molar-refractivity contribution is 0.452. The summed E-state index contributed by atoms with van der Waals surface area (Å²) in [7, 11) is 0. The Kier molecular flexibility index (Phi) is 1.41. The number of phenols is 1. The fourth-order valence-electron chi connectivity index (χ4n) is 2.70. The van der Waals surface area contributed by atoms with Crippen LogP contribution in [-0.4, -0.2) is 18.2 Å². The highest BCUT2D eigenvalue weighted by molar-refractivity contribution is 5.44. The van der Waals surface area contributed by atoms with Gasteiger partial charge < -0.3 is 10.4 Å². The molecule has 1 saturated heterocycles. The topological polar surface area (TPSA) is 32.3 Å². The number of hydrogen-bond acceptors (Lipinski definition) is 2. The maximum atomic E-state index is 9.40. The monoisotopic (exact) mass is 175 g/mol. The van der Waals surface area contributed by atoms with Gasteiger partial charge in [-0.25, -0.2) is 0 Å². The molecule has 1 aromatic carbocycles. The smallest absolute Gasteiger partial charge is 0.115 e. The van der Waals surface area contributed by atoms with Crippen LogP contribution in [-0.2, 0) is 0 Å². The summed E-state index contributed by atoms with van der Waals surface area (Å²) in [6.45, 7) is 2.18. The number of benzene rings is 1. The van der Waals surface area contributed by atoms with Crippen molar-refractivity contribution < 1.29 is 5.11 Å². The van der Waals surface area contributed by atoms with Gasteiger partial charge in [0.2, 0.25) is 0 Å². The van der Waals surface area contributed by atoms with Gasteiger partial charge in [0.1, 0.15) is 5.75 Å². The fourth-order valence-corrected chi connectivity index (χ4v) is 2.70. The number of phenolic OH excluding ortho intramolecular Hbond substituents is 1. The molecule has 2 atom stereocenters. The number of rotatable bonds is 0. The number of piperidine rings is 1. The van der Waals surface area contributed by atoms with E-state index in [1.165, 1.54) is 17.5 Å². The minimum atomic E-state index is 0.409. The third kappa shape index (κ3) is 0.985. The van der Waals surface area contributed by atoms with Crippen molar-refractivity contribution in [3.63, 3.8) is 0 Å². The fraction of sp³-hybridized carbons (Fsp3) is 0.455. The second-order valence-electron chi connectivity index (χ2n) is 4.10. The first-order valence-corrected chi connectivity index (χ1v) is 4.88. The second kappa shape index (κ2) is 2.48. The maximum Gasteiger partial charge on any atom is 0.115 e. The summed E-state index contributed by atoms with van der Waals surface area (Å²) in [5, 5.41) is 12.8. The van der Waals surface area contributed by atoms with E-state index in [9.17, 15) is 5.11 Å². The lowest BCUT2D eigenvalue weighted by atomic mass is 9.98. The Morgan fingerprint density at radius 2 is 1.92 bits per heavy atom. The molecule has 0 amide bonds. The van der Waals surface area contributed by atoms with Gasteiger partial charge in [-0.15, -0.1) is 0 Å². The van der Waals surface area contributed by atoms with Gasteiger partial charge in [-0.2, -0.15) is 0 Å². The quantitative estimate of drug-likeness (QED) is 0.627. The summed E-state index contributed by atoms with van der Waals surface area (Å²) >= 11 is 0. The zero-order valence-corrected chi connectivity index (χ0v) is 7.46. The Balaban J connectivity index is 2.15. The zero-order chi connectivity index (χ0) is 8.84. The summed E-state index contributed by atoms with van der Waals surface area (Å²) in [6.07, 6.45) is 1.27. The largest absolute Gasteiger partial charge is 0.508 e. The Hall–Kier alpha value is -1.02. The van der Waals surface area contributed by atoms with Crippen molar-refractivity contribution in [2.75, 3.05) is 13.1 Å². The van der Waals surface area contributed by atoms with Crippen LogP contribution in [0, 0.1) is 0 Å². The van der Waals surface area contributed by atoms with Crippen LogP contribution < -0.4 is 5.32 Å². The summed E-state index contributed by atoms with van der Waals surface area (Å²) in [5.74, 6) is 1.74. The molecule has 2 aliphatic rings. The first kappa shape index (κ1) is 7.39. The molecular weight excluding hydrogens is 162 g/mol. The van der Waals surface area contributed by atoms with Crippen LogP contribution in [0.15, 0.2) is 18.2 Å². The molecule has 0 spiro atoms. The van der Waals surface area contributed by atoms with Crippen molar-refractivity contribution in [2.45, 2.75) is 18.3 Å². The average molecular weight is 175 g/mol. The standard InChI is InChI=1S/C11H13NO/c13-9-1-2-10-7-3-8(6-12-5-7)11(10)4-9/h1-2,4,7-8,12-13H,3,5-6H2. The van der Waals surface area contributed by atoms with Crippen LogP contribution in [0.1, 0.15) is 29.4 Å². The van der Waals surface area contributed by atoms with Crippen molar-refractivity contribution in [2.24, 2.45) is 0 Å². The van der Waals surface area contributed by atoms with Crippen molar-refractivity contribution in [3.8, 4) is 5.75 Å². The maximum absolute atomic E-state index is 9.40. The van der Waals surface area contributed by atoms with Gasteiger partial charge >= 0.3 is 0 Å². The molecule has 2 bridgehead atoms. The van der Waals surface area contributed by atoms with Crippen LogP contribution in [0.5, 0.6) is 5.75 Å². The minimum Gasteiger partial charge on any atom is -0.508 e. The Morgan fingerprint density at radius 1 is 1.15 bits per heavy atom. The molecule has 0 aromatic heterocycles. The average Bonchev–Trinajstić information content (AvgIpc) is 2.39. The van der Waals surface area contributed by atoms with Gasteiger partial charge in [-0.3, -0.25) is 0 Å². The van der Waals surface area contributed by atoms with Gasteiger partial charge in [-0.1, -0.05) is 6.07 Å². The molecule has 0 radical (unpaired) electrons. The Morgan fingerprint density at radius 3 is 2.77 bits per heavy atom. The Labute approximate surface area is 77.6 Å². The van der Waals surface area contributed by atoms with Crippen molar-refractivity contribution in [3.05, 3.63) is 29.3 Å². The van der Waals surface area contributed by atoms with Gasteiger partial charge in [-0.05, 0) is 41.5 Å². The molecule has 1 aliphatic carbocycles. The third-order valence-electron chi connectivity index (χ3n) is 3.30. The molecule has 13 heavy (non-hydrogen) atoms. The highest BCUT2D eigenvalue weighted by atomic mass is 16.3. The van der Waals surface area contributed by atoms with Crippen LogP contribution >= 0.6 is 0 Å². The molecule has 2 heteroatoms. The molecule has 1 heterocycles. The third-order valence-corrected chi connectivity index (χ3v) is 3.30. The minimum absolute atomic E-state index is 0.409. The summed E-state index contributed by atoms with van der Waals surface area (Å²) < 4.78 is 0. The van der Waals surface area contributed by atoms with Gasteiger partial charge in [0.25, 0.3) is 0 Å². The van der Waals surface area contributed by atoms with E-state index >= 15 is 0 Å². The van der Waals surface area contributed by atoms with Crippen molar-refractivity contribution >= 4 is 0 Å². The molecule has 1 aliphatic heterocycles. The molecule has 68 valence electrons. The van der Waals surface area contributed by atoms with E-state index in [2.05, 4.69) is 11.4 Å². The SMILES string of the molecule is Oc1ccc2c(c1)C1CNCC2C1. The molecule has 1 aromatic rings. The van der Waals surface area contributed by atoms with Crippen LogP contribution in [0.3, 0.4) is 0 Å². The number of aromatic hydroxyl groups is 1.